The van der Waals surface area contributed by atoms with Crippen LogP contribution in [0.2, 0.25) is 0 Å². The lowest BCUT2D eigenvalue weighted by Gasteiger charge is -2.33. The van der Waals surface area contributed by atoms with Gasteiger partial charge < -0.3 is 24.1 Å². The highest BCUT2D eigenvalue weighted by molar-refractivity contribution is 5.99. The smallest absolute Gasteiger partial charge is 0.367 e. The maximum Gasteiger partial charge on any atom is 0.367 e. The molecule has 30 heavy (non-hydrogen) atoms. The number of carboxylic acids is 1. The second-order valence-electron chi connectivity index (χ2n) is 6.20. The first-order chi connectivity index (χ1) is 14.5. The number of hydrogen-bond donors (Lipinski definition) is 1. The molecule has 1 aliphatic rings. The van der Waals surface area contributed by atoms with Crippen molar-refractivity contribution in [2.75, 3.05) is 13.3 Å². The number of carbonyl (C=O) groups is 3. The van der Waals surface area contributed by atoms with E-state index in [1.807, 2.05) is 0 Å². The van der Waals surface area contributed by atoms with Crippen molar-refractivity contribution in [3.8, 4) is 23.0 Å². The summed E-state index contributed by atoms with van der Waals surface area (Å²) in [6.07, 6.45) is -1.63. The lowest BCUT2D eigenvalue weighted by molar-refractivity contribution is -0.155. The van der Waals surface area contributed by atoms with Gasteiger partial charge in [0.25, 0.3) is 12.1 Å². The highest BCUT2D eigenvalue weighted by Gasteiger charge is 2.37. The molecule has 9 nitrogen and oxygen atoms in total. The van der Waals surface area contributed by atoms with E-state index in [9.17, 15) is 19.5 Å². The number of carboxylic acid groups (broad SMARTS) is 1. The minimum atomic E-state index is -1.72. The molecule has 0 bridgehead atoms. The molecule has 3 rings (SSSR count). The summed E-state index contributed by atoms with van der Waals surface area (Å²) in [6.45, 7) is 3.34. The summed E-state index contributed by atoms with van der Waals surface area (Å²) in [5.74, 6) is -2.06. The Labute approximate surface area is 172 Å². The molecule has 0 spiro atoms. The maximum absolute atomic E-state index is 12.8. The lowest BCUT2D eigenvalue weighted by atomic mass is 10.1. The van der Waals surface area contributed by atoms with Crippen LogP contribution in [0.15, 0.2) is 42.5 Å². The van der Waals surface area contributed by atoms with Gasteiger partial charge in [0.15, 0.2) is 18.2 Å². The molecule has 0 saturated carbocycles. The SMILES string of the molecule is CCOc1cccc(OC(C(=O)O)N2COc3ccccc3C2=O)c1OC(=O)CC. The van der Waals surface area contributed by atoms with E-state index in [2.05, 4.69) is 0 Å². The van der Waals surface area contributed by atoms with Crippen molar-refractivity contribution in [2.45, 2.75) is 26.5 Å². The van der Waals surface area contributed by atoms with Crippen LogP contribution in [-0.4, -0.2) is 47.4 Å². The van der Waals surface area contributed by atoms with Crippen molar-refractivity contribution in [2.24, 2.45) is 0 Å². The van der Waals surface area contributed by atoms with E-state index in [0.29, 0.717) is 5.75 Å². The quantitative estimate of drug-likeness (QED) is 0.517. The zero-order chi connectivity index (χ0) is 21.7. The minimum absolute atomic E-state index is 0.0526. The third-order valence-electron chi connectivity index (χ3n) is 4.22. The van der Waals surface area contributed by atoms with Gasteiger partial charge in [-0.1, -0.05) is 25.1 Å². The van der Waals surface area contributed by atoms with Crippen LogP contribution in [0.5, 0.6) is 23.0 Å². The van der Waals surface area contributed by atoms with E-state index in [0.717, 1.165) is 4.90 Å². The second kappa shape index (κ2) is 9.17. The number of hydrogen-bond acceptors (Lipinski definition) is 7. The minimum Gasteiger partial charge on any atom is -0.490 e. The largest absolute Gasteiger partial charge is 0.490 e. The van der Waals surface area contributed by atoms with Crippen LogP contribution in [0, 0.1) is 0 Å². The van der Waals surface area contributed by atoms with E-state index in [4.69, 9.17) is 18.9 Å². The van der Waals surface area contributed by atoms with Gasteiger partial charge in [0.1, 0.15) is 5.75 Å². The molecule has 0 radical (unpaired) electrons. The summed E-state index contributed by atoms with van der Waals surface area (Å²) >= 11 is 0. The summed E-state index contributed by atoms with van der Waals surface area (Å²) in [5.41, 5.74) is 0.222. The topological polar surface area (TPSA) is 112 Å². The van der Waals surface area contributed by atoms with Crippen molar-refractivity contribution in [1.29, 1.82) is 0 Å². The van der Waals surface area contributed by atoms with Crippen LogP contribution in [-0.2, 0) is 9.59 Å². The standard InChI is InChI=1S/C21H21NO8/c1-3-17(23)30-18-15(27-4-2)10-7-11-16(18)29-20(21(25)26)22-12-28-14-9-6-5-8-13(14)19(22)24/h5-11,20H,3-4,12H2,1-2H3,(H,25,26). The average Bonchev–Trinajstić information content (AvgIpc) is 2.74. The summed E-state index contributed by atoms with van der Waals surface area (Å²) in [7, 11) is 0. The molecule has 0 fully saturated rings. The van der Waals surface area contributed by atoms with Gasteiger partial charge in [-0.15, -0.1) is 0 Å². The maximum atomic E-state index is 12.8. The number of nitrogens with zero attached hydrogens (tertiary/aromatic N) is 1. The van der Waals surface area contributed by atoms with E-state index >= 15 is 0 Å². The van der Waals surface area contributed by atoms with Crippen molar-refractivity contribution in [3.05, 3.63) is 48.0 Å². The number of benzene rings is 2. The molecule has 1 atom stereocenters. The molecule has 1 unspecified atom stereocenters. The molecule has 1 aliphatic heterocycles. The number of amides is 1. The van der Waals surface area contributed by atoms with Crippen LogP contribution in [0.25, 0.3) is 0 Å². The van der Waals surface area contributed by atoms with Crippen LogP contribution >= 0.6 is 0 Å². The molecule has 158 valence electrons. The van der Waals surface area contributed by atoms with Gasteiger partial charge in [0.05, 0.1) is 12.2 Å². The van der Waals surface area contributed by atoms with Crippen LogP contribution < -0.4 is 18.9 Å². The van der Waals surface area contributed by atoms with Crippen LogP contribution in [0.3, 0.4) is 0 Å². The summed E-state index contributed by atoms with van der Waals surface area (Å²) in [5, 5.41) is 9.73. The molecule has 1 heterocycles. The highest BCUT2D eigenvalue weighted by atomic mass is 16.6. The summed E-state index contributed by atoms with van der Waals surface area (Å²) in [4.78, 5) is 37.6. The molecule has 0 saturated heterocycles. The fraction of sp³-hybridized carbons (Fsp3) is 0.286. The van der Waals surface area contributed by atoms with Crippen molar-refractivity contribution in [1.82, 2.24) is 4.90 Å². The molecule has 0 aliphatic carbocycles. The predicted molar refractivity (Wildman–Crippen MR) is 104 cm³/mol. The Hall–Kier alpha value is -3.75. The van der Waals surface area contributed by atoms with E-state index < -0.39 is 24.1 Å². The summed E-state index contributed by atoms with van der Waals surface area (Å²) in [6, 6.07) is 11.1. The number of para-hydroxylation sites is 2. The number of aliphatic carboxylic acids is 1. The molecule has 1 N–H and O–H groups in total. The fourth-order valence-electron chi connectivity index (χ4n) is 2.81. The van der Waals surface area contributed by atoms with Gasteiger partial charge in [0.2, 0.25) is 5.75 Å². The van der Waals surface area contributed by atoms with Crippen molar-refractivity contribution in [3.63, 3.8) is 0 Å². The second-order valence-corrected chi connectivity index (χ2v) is 6.20. The molecular weight excluding hydrogens is 394 g/mol. The average molecular weight is 415 g/mol. The molecule has 1 amide bonds. The Morgan fingerprint density at radius 1 is 1.13 bits per heavy atom. The first-order valence-corrected chi connectivity index (χ1v) is 9.35. The lowest BCUT2D eigenvalue weighted by Crippen LogP contribution is -2.52. The number of esters is 1. The Bertz CT molecular complexity index is 958. The van der Waals surface area contributed by atoms with Crippen molar-refractivity contribution < 1.29 is 38.4 Å². The highest BCUT2D eigenvalue weighted by Crippen LogP contribution is 2.39. The first-order valence-electron chi connectivity index (χ1n) is 9.35. The number of carbonyl (C=O) groups excluding carboxylic acids is 2. The van der Waals surface area contributed by atoms with Crippen LogP contribution in [0.4, 0.5) is 0 Å². The van der Waals surface area contributed by atoms with Gasteiger partial charge in [-0.05, 0) is 31.2 Å². The molecule has 2 aromatic carbocycles. The Morgan fingerprint density at radius 3 is 2.57 bits per heavy atom. The molecular formula is C21H21NO8. The monoisotopic (exact) mass is 415 g/mol. The molecule has 2 aromatic rings. The van der Waals surface area contributed by atoms with Gasteiger partial charge in [-0.25, -0.2) is 4.79 Å². The number of fused-ring (bicyclic) bond motifs is 1. The van der Waals surface area contributed by atoms with Gasteiger partial charge in [-0.2, -0.15) is 0 Å². The van der Waals surface area contributed by atoms with Crippen LogP contribution in [0.1, 0.15) is 30.6 Å². The molecule has 9 heteroatoms. The normalized spacial score (nSPS) is 13.7. The van der Waals surface area contributed by atoms with E-state index in [1.54, 1.807) is 44.2 Å². The number of ether oxygens (including phenoxy) is 4. The van der Waals surface area contributed by atoms with Crippen molar-refractivity contribution >= 4 is 17.8 Å². The third kappa shape index (κ3) is 4.29. The Kier molecular flexibility index (Phi) is 6.41. The Morgan fingerprint density at radius 2 is 1.87 bits per heavy atom. The van der Waals surface area contributed by atoms with Gasteiger partial charge in [0, 0.05) is 6.42 Å². The zero-order valence-corrected chi connectivity index (χ0v) is 16.5. The van der Waals surface area contributed by atoms with Gasteiger partial charge >= 0.3 is 11.9 Å². The summed E-state index contributed by atoms with van der Waals surface area (Å²) < 4.78 is 21.9. The van der Waals surface area contributed by atoms with E-state index in [-0.39, 0.29) is 42.6 Å². The zero-order valence-electron chi connectivity index (χ0n) is 16.5. The third-order valence-corrected chi connectivity index (χ3v) is 4.22. The van der Waals surface area contributed by atoms with E-state index in [1.165, 1.54) is 12.1 Å². The molecule has 0 aromatic heterocycles. The predicted octanol–water partition coefficient (Wildman–Crippen LogP) is 2.68. The first kappa shape index (κ1) is 21.0. The van der Waals surface area contributed by atoms with Gasteiger partial charge in [-0.3, -0.25) is 14.5 Å². The fourth-order valence-corrected chi connectivity index (χ4v) is 2.81. The Balaban J connectivity index is 1.94. The number of rotatable bonds is 8.